The summed E-state index contributed by atoms with van der Waals surface area (Å²) >= 11 is 0. The van der Waals surface area contributed by atoms with E-state index in [9.17, 15) is 5.11 Å². The first-order valence-corrected chi connectivity index (χ1v) is 9.39. The van der Waals surface area contributed by atoms with Crippen molar-refractivity contribution in [3.63, 3.8) is 0 Å². The van der Waals surface area contributed by atoms with E-state index in [1.807, 2.05) is 30.3 Å². The monoisotopic (exact) mass is 345 g/mol. The van der Waals surface area contributed by atoms with Gasteiger partial charge in [-0.3, -0.25) is 0 Å². The zero-order valence-electron chi connectivity index (χ0n) is 15.1. The molecule has 3 aromatic rings. The van der Waals surface area contributed by atoms with E-state index in [-0.39, 0.29) is 12.1 Å². The van der Waals surface area contributed by atoms with Crippen molar-refractivity contribution in [3.05, 3.63) is 102 Å². The standard InChI is InChI=1S/C24H27NO/c26-24(19-17-21-12-6-2-7-13-21)23(25-22-14-8-3-9-15-22)18-16-20-10-4-1-5-11-20/h1-15,23-26H,16-19H2/t23?,24-/m0/s1. The van der Waals surface area contributed by atoms with E-state index in [4.69, 9.17) is 0 Å². The number of rotatable bonds is 9. The van der Waals surface area contributed by atoms with Crippen molar-refractivity contribution >= 4 is 5.69 Å². The molecule has 3 rings (SSSR count). The van der Waals surface area contributed by atoms with Crippen molar-refractivity contribution < 1.29 is 5.11 Å². The highest BCUT2D eigenvalue weighted by Gasteiger charge is 2.19. The Labute approximate surface area is 156 Å². The summed E-state index contributed by atoms with van der Waals surface area (Å²) in [5, 5.41) is 14.4. The Morgan fingerprint density at radius 1 is 0.615 bits per heavy atom. The Bertz CT molecular complexity index is 743. The second-order valence-corrected chi connectivity index (χ2v) is 6.73. The zero-order chi connectivity index (χ0) is 18.0. The van der Waals surface area contributed by atoms with Crippen LogP contribution in [0.25, 0.3) is 0 Å². The number of aryl methyl sites for hydroxylation is 2. The Morgan fingerprint density at radius 3 is 1.62 bits per heavy atom. The highest BCUT2D eigenvalue weighted by Crippen LogP contribution is 2.17. The number of aliphatic hydroxyl groups is 1. The summed E-state index contributed by atoms with van der Waals surface area (Å²) < 4.78 is 0. The van der Waals surface area contributed by atoms with Gasteiger partial charge in [-0.25, -0.2) is 0 Å². The van der Waals surface area contributed by atoms with Crippen molar-refractivity contribution in [3.8, 4) is 0 Å². The van der Waals surface area contributed by atoms with Crippen LogP contribution in [0.4, 0.5) is 5.69 Å². The summed E-state index contributed by atoms with van der Waals surface area (Å²) in [7, 11) is 0. The molecule has 0 bridgehead atoms. The van der Waals surface area contributed by atoms with E-state index in [0.29, 0.717) is 0 Å². The Hall–Kier alpha value is -2.58. The molecule has 2 heteroatoms. The lowest BCUT2D eigenvalue weighted by atomic mass is 9.96. The van der Waals surface area contributed by atoms with Gasteiger partial charge in [-0.2, -0.15) is 0 Å². The fraction of sp³-hybridized carbons (Fsp3) is 0.250. The molecule has 0 spiro atoms. The number of hydrogen-bond donors (Lipinski definition) is 2. The number of benzene rings is 3. The number of para-hydroxylation sites is 1. The molecule has 3 aromatic carbocycles. The van der Waals surface area contributed by atoms with Crippen molar-refractivity contribution in [2.45, 2.75) is 37.8 Å². The van der Waals surface area contributed by atoms with E-state index >= 15 is 0 Å². The van der Waals surface area contributed by atoms with E-state index in [0.717, 1.165) is 31.4 Å². The first-order valence-electron chi connectivity index (χ1n) is 9.39. The van der Waals surface area contributed by atoms with Gasteiger partial charge >= 0.3 is 0 Å². The normalized spacial score (nSPS) is 13.1. The van der Waals surface area contributed by atoms with Crippen molar-refractivity contribution in [1.82, 2.24) is 0 Å². The van der Waals surface area contributed by atoms with E-state index < -0.39 is 0 Å². The lowest BCUT2D eigenvalue weighted by Crippen LogP contribution is -2.34. The molecule has 0 aliphatic rings. The molecule has 134 valence electrons. The second kappa shape index (κ2) is 9.79. The molecule has 26 heavy (non-hydrogen) atoms. The number of hydrogen-bond acceptors (Lipinski definition) is 2. The van der Waals surface area contributed by atoms with Crippen LogP contribution in [-0.4, -0.2) is 17.3 Å². The molecule has 0 heterocycles. The maximum atomic E-state index is 10.8. The molecule has 0 saturated carbocycles. The molecule has 0 fully saturated rings. The van der Waals surface area contributed by atoms with Crippen LogP contribution in [0, 0.1) is 0 Å². The molecular weight excluding hydrogens is 318 g/mol. The lowest BCUT2D eigenvalue weighted by Gasteiger charge is -2.25. The van der Waals surface area contributed by atoms with Crippen LogP contribution in [0.1, 0.15) is 24.0 Å². The number of aliphatic hydroxyl groups excluding tert-OH is 1. The van der Waals surface area contributed by atoms with E-state index in [1.54, 1.807) is 0 Å². The van der Waals surface area contributed by atoms with Crippen LogP contribution < -0.4 is 5.32 Å². The fourth-order valence-corrected chi connectivity index (χ4v) is 3.24. The lowest BCUT2D eigenvalue weighted by molar-refractivity contribution is 0.139. The number of anilines is 1. The van der Waals surface area contributed by atoms with Gasteiger partial charge in [0.1, 0.15) is 0 Å². The SMILES string of the molecule is O[C@@H](CCc1ccccc1)C(CCc1ccccc1)Nc1ccccc1. The third kappa shape index (κ3) is 5.75. The van der Waals surface area contributed by atoms with Crippen molar-refractivity contribution in [2.75, 3.05) is 5.32 Å². The minimum absolute atomic E-state index is 0.0290. The topological polar surface area (TPSA) is 32.3 Å². The van der Waals surface area contributed by atoms with Gasteiger partial charge in [0.05, 0.1) is 12.1 Å². The summed E-state index contributed by atoms with van der Waals surface area (Å²) in [4.78, 5) is 0. The molecule has 1 unspecified atom stereocenters. The van der Waals surface area contributed by atoms with Gasteiger partial charge in [-0.1, -0.05) is 78.9 Å². The van der Waals surface area contributed by atoms with Gasteiger partial charge in [-0.15, -0.1) is 0 Å². The van der Waals surface area contributed by atoms with E-state index in [1.165, 1.54) is 11.1 Å². The molecular formula is C24H27NO. The average Bonchev–Trinajstić information content (AvgIpc) is 2.71. The van der Waals surface area contributed by atoms with Crippen LogP contribution >= 0.6 is 0 Å². The van der Waals surface area contributed by atoms with Gasteiger partial charge in [-0.05, 0) is 48.9 Å². The van der Waals surface area contributed by atoms with Gasteiger partial charge in [0.15, 0.2) is 0 Å². The minimum Gasteiger partial charge on any atom is -0.391 e. The minimum atomic E-state index is -0.390. The van der Waals surface area contributed by atoms with Gasteiger partial charge in [0.2, 0.25) is 0 Å². The fourth-order valence-electron chi connectivity index (χ4n) is 3.24. The first-order chi connectivity index (χ1) is 12.8. The smallest absolute Gasteiger partial charge is 0.0744 e. The molecule has 0 amide bonds. The Morgan fingerprint density at radius 2 is 1.08 bits per heavy atom. The van der Waals surface area contributed by atoms with Crippen LogP contribution in [0.3, 0.4) is 0 Å². The summed E-state index contributed by atoms with van der Waals surface area (Å²) in [5.41, 5.74) is 3.64. The molecule has 0 aliphatic heterocycles. The Kier molecular flexibility index (Phi) is 6.86. The highest BCUT2D eigenvalue weighted by molar-refractivity contribution is 5.43. The molecule has 2 atom stereocenters. The predicted octanol–water partition coefficient (Wildman–Crippen LogP) is 5.09. The average molecular weight is 345 g/mol. The van der Waals surface area contributed by atoms with Crippen LogP contribution in [0.5, 0.6) is 0 Å². The number of nitrogens with one attached hydrogen (secondary N) is 1. The quantitative estimate of drug-likeness (QED) is 0.566. The van der Waals surface area contributed by atoms with Crippen molar-refractivity contribution in [2.24, 2.45) is 0 Å². The molecule has 2 N–H and O–H groups in total. The summed E-state index contributed by atoms with van der Waals surface area (Å²) in [6, 6.07) is 31.0. The summed E-state index contributed by atoms with van der Waals surface area (Å²) in [6.45, 7) is 0. The molecule has 0 aliphatic carbocycles. The van der Waals surface area contributed by atoms with Gasteiger partial charge < -0.3 is 10.4 Å². The molecule has 0 saturated heterocycles. The largest absolute Gasteiger partial charge is 0.391 e. The van der Waals surface area contributed by atoms with E-state index in [2.05, 4.69) is 66.0 Å². The first kappa shape index (κ1) is 18.2. The second-order valence-electron chi connectivity index (χ2n) is 6.73. The maximum absolute atomic E-state index is 10.8. The van der Waals surface area contributed by atoms with Crippen LogP contribution in [0.15, 0.2) is 91.0 Å². The summed E-state index contributed by atoms with van der Waals surface area (Å²) in [5.74, 6) is 0. The van der Waals surface area contributed by atoms with Crippen LogP contribution in [0.2, 0.25) is 0 Å². The summed E-state index contributed by atoms with van der Waals surface area (Å²) in [6.07, 6.45) is 3.10. The highest BCUT2D eigenvalue weighted by atomic mass is 16.3. The van der Waals surface area contributed by atoms with Crippen molar-refractivity contribution in [1.29, 1.82) is 0 Å². The molecule has 0 radical (unpaired) electrons. The third-order valence-electron chi connectivity index (χ3n) is 4.75. The third-order valence-corrected chi connectivity index (χ3v) is 4.75. The van der Waals surface area contributed by atoms with Gasteiger partial charge in [0, 0.05) is 5.69 Å². The predicted molar refractivity (Wildman–Crippen MR) is 109 cm³/mol. The molecule has 0 aromatic heterocycles. The molecule has 2 nitrogen and oxygen atoms in total. The Balaban J connectivity index is 1.62. The maximum Gasteiger partial charge on any atom is 0.0744 e. The zero-order valence-corrected chi connectivity index (χ0v) is 15.1. The van der Waals surface area contributed by atoms with Gasteiger partial charge in [0.25, 0.3) is 0 Å². The van der Waals surface area contributed by atoms with Crippen LogP contribution in [-0.2, 0) is 12.8 Å².